The topological polar surface area (TPSA) is 60.2 Å². The summed E-state index contributed by atoms with van der Waals surface area (Å²) >= 11 is 0. The number of halogens is 1. The highest BCUT2D eigenvalue weighted by atomic mass is 19.1. The van der Waals surface area contributed by atoms with Gasteiger partial charge in [-0.05, 0) is 24.7 Å². The fourth-order valence-corrected chi connectivity index (χ4v) is 1.79. The summed E-state index contributed by atoms with van der Waals surface area (Å²) in [6, 6.07) is 4.46. The van der Waals surface area contributed by atoms with Crippen molar-refractivity contribution in [3.05, 3.63) is 41.3 Å². The van der Waals surface area contributed by atoms with Gasteiger partial charge in [0.05, 0.1) is 0 Å². The van der Waals surface area contributed by atoms with Crippen molar-refractivity contribution < 1.29 is 13.7 Å². The van der Waals surface area contributed by atoms with E-state index in [-0.39, 0.29) is 18.3 Å². The fourth-order valence-electron chi connectivity index (χ4n) is 1.79. The summed E-state index contributed by atoms with van der Waals surface area (Å²) in [4.78, 5) is 4.24. The number of ether oxygens (including phenoxy) is 1. The van der Waals surface area contributed by atoms with Crippen LogP contribution in [0.3, 0.4) is 0 Å². The first-order valence-electron chi connectivity index (χ1n) is 7.04. The third kappa shape index (κ3) is 4.26. The molecule has 0 radical (unpaired) electrons. The van der Waals surface area contributed by atoms with Gasteiger partial charge in [-0.1, -0.05) is 25.9 Å². The van der Waals surface area contributed by atoms with Gasteiger partial charge in [0, 0.05) is 18.0 Å². The lowest BCUT2D eigenvalue weighted by Crippen LogP contribution is -2.13. The van der Waals surface area contributed by atoms with Crippen molar-refractivity contribution in [3.63, 3.8) is 0 Å². The smallest absolute Gasteiger partial charge is 0.229 e. The minimum atomic E-state index is -0.281. The van der Waals surface area contributed by atoms with Crippen LogP contribution in [0.25, 0.3) is 0 Å². The summed E-state index contributed by atoms with van der Waals surface area (Å²) in [5.74, 6) is 1.59. The van der Waals surface area contributed by atoms with Crippen LogP contribution in [0.5, 0.6) is 5.75 Å². The van der Waals surface area contributed by atoms with E-state index < -0.39 is 0 Å². The lowest BCUT2D eigenvalue weighted by Gasteiger charge is -2.10. The lowest BCUT2D eigenvalue weighted by atomic mass is 10.2. The van der Waals surface area contributed by atoms with Gasteiger partial charge in [-0.15, -0.1) is 0 Å². The van der Waals surface area contributed by atoms with Crippen LogP contribution in [0.1, 0.15) is 44.0 Å². The summed E-state index contributed by atoms with van der Waals surface area (Å²) in [6.07, 6.45) is 0. The summed E-state index contributed by atoms with van der Waals surface area (Å²) in [6.45, 7) is 7.50. The van der Waals surface area contributed by atoms with Crippen LogP contribution in [0.15, 0.2) is 22.7 Å². The summed E-state index contributed by atoms with van der Waals surface area (Å²) in [5.41, 5.74) is 0.768. The molecule has 0 unspecified atom stereocenters. The molecule has 6 heteroatoms. The zero-order chi connectivity index (χ0) is 15.2. The molecule has 1 N–H and O–H groups in total. The second-order valence-electron chi connectivity index (χ2n) is 5.02. The van der Waals surface area contributed by atoms with Crippen LogP contribution in [0.2, 0.25) is 0 Å². The molecule has 0 atom stereocenters. The number of nitrogens with zero attached hydrogens (tertiary/aromatic N) is 2. The Morgan fingerprint density at radius 3 is 2.86 bits per heavy atom. The molecule has 21 heavy (non-hydrogen) atoms. The summed E-state index contributed by atoms with van der Waals surface area (Å²) in [7, 11) is 0. The Morgan fingerprint density at radius 1 is 1.38 bits per heavy atom. The Kier molecular flexibility index (Phi) is 5.27. The maximum absolute atomic E-state index is 13.3. The standard InChI is InChI=1S/C15H20FN3O2/c1-4-17-8-11-7-12(16)5-6-13(11)20-9-14-18-15(10(2)3)21-19-14/h5-7,10,17H,4,8-9H2,1-3H3. The van der Waals surface area contributed by atoms with Crippen molar-refractivity contribution in [3.8, 4) is 5.75 Å². The van der Waals surface area contributed by atoms with Gasteiger partial charge in [0.1, 0.15) is 11.6 Å². The Morgan fingerprint density at radius 2 is 2.19 bits per heavy atom. The highest BCUT2D eigenvalue weighted by molar-refractivity contribution is 5.34. The predicted molar refractivity (Wildman–Crippen MR) is 76.5 cm³/mol. The van der Waals surface area contributed by atoms with Crippen molar-refractivity contribution in [1.82, 2.24) is 15.5 Å². The van der Waals surface area contributed by atoms with Crippen LogP contribution < -0.4 is 10.1 Å². The molecule has 1 aromatic heterocycles. The van der Waals surface area contributed by atoms with Gasteiger partial charge >= 0.3 is 0 Å². The first kappa shape index (κ1) is 15.4. The van der Waals surface area contributed by atoms with E-state index in [1.165, 1.54) is 12.1 Å². The van der Waals surface area contributed by atoms with Crippen molar-refractivity contribution in [2.75, 3.05) is 6.54 Å². The molecule has 114 valence electrons. The molecule has 0 fully saturated rings. The van der Waals surface area contributed by atoms with E-state index >= 15 is 0 Å². The van der Waals surface area contributed by atoms with E-state index in [1.807, 2.05) is 20.8 Å². The van der Waals surface area contributed by atoms with Crippen LogP contribution in [-0.2, 0) is 13.2 Å². The largest absolute Gasteiger partial charge is 0.485 e. The molecule has 5 nitrogen and oxygen atoms in total. The molecule has 0 spiro atoms. The zero-order valence-corrected chi connectivity index (χ0v) is 12.5. The van der Waals surface area contributed by atoms with Gasteiger partial charge in [0.25, 0.3) is 0 Å². The monoisotopic (exact) mass is 293 g/mol. The van der Waals surface area contributed by atoms with Crippen molar-refractivity contribution in [1.29, 1.82) is 0 Å². The molecule has 0 aliphatic heterocycles. The second-order valence-corrected chi connectivity index (χ2v) is 5.02. The third-order valence-electron chi connectivity index (χ3n) is 2.92. The maximum Gasteiger partial charge on any atom is 0.229 e. The molecule has 0 aliphatic rings. The molecule has 1 aromatic carbocycles. The molecule has 0 amide bonds. The number of hydrogen-bond acceptors (Lipinski definition) is 5. The van der Waals surface area contributed by atoms with E-state index in [1.54, 1.807) is 6.07 Å². The second kappa shape index (κ2) is 7.17. The lowest BCUT2D eigenvalue weighted by molar-refractivity contribution is 0.281. The van der Waals surface area contributed by atoms with Gasteiger partial charge in [-0.3, -0.25) is 0 Å². The number of hydrogen-bond donors (Lipinski definition) is 1. The highest BCUT2D eigenvalue weighted by Gasteiger charge is 2.11. The summed E-state index contributed by atoms with van der Waals surface area (Å²) < 4.78 is 24.1. The Hall–Kier alpha value is -1.95. The Bertz CT molecular complexity index is 584. The van der Waals surface area contributed by atoms with Gasteiger partial charge in [0.15, 0.2) is 6.61 Å². The third-order valence-corrected chi connectivity index (χ3v) is 2.92. The van der Waals surface area contributed by atoms with E-state index in [0.717, 1.165) is 12.1 Å². The molecule has 0 aliphatic carbocycles. The van der Waals surface area contributed by atoms with Crippen LogP contribution in [0.4, 0.5) is 4.39 Å². The average molecular weight is 293 g/mol. The minimum absolute atomic E-state index is 0.182. The minimum Gasteiger partial charge on any atom is -0.485 e. The molecular formula is C15H20FN3O2. The fraction of sp³-hybridized carbons (Fsp3) is 0.467. The molecule has 2 aromatic rings. The van der Waals surface area contributed by atoms with Crippen molar-refractivity contribution in [2.24, 2.45) is 0 Å². The Labute approximate surface area is 123 Å². The molecular weight excluding hydrogens is 273 g/mol. The van der Waals surface area contributed by atoms with Gasteiger partial charge in [-0.25, -0.2) is 4.39 Å². The quantitative estimate of drug-likeness (QED) is 0.850. The van der Waals surface area contributed by atoms with Gasteiger partial charge in [-0.2, -0.15) is 4.98 Å². The van der Waals surface area contributed by atoms with E-state index in [9.17, 15) is 4.39 Å². The Balaban J connectivity index is 2.04. The maximum atomic E-state index is 13.3. The van der Waals surface area contributed by atoms with Crippen molar-refractivity contribution in [2.45, 2.75) is 39.8 Å². The molecule has 0 saturated heterocycles. The number of rotatable bonds is 7. The zero-order valence-electron chi connectivity index (χ0n) is 12.5. The SMILES string of the molecule is CCNCc1cc(F)ccc1OCc1noc(C(C)C)n1. The van der Waals surface area contributed by atoms with Gasteiger partial charge < -0.3 is 14.6 Å². The predicted octanol–water partition coefficient (Wildman–Crippen LogP) is 3.02. The molecule has 0 saturated carbocycles. The van der Waals surface area contributed by atoms with E-state index in [4.69, 9.17) is 9.26 Å². The van der Waals surface area contributed by atoms with Crippen molar-refractivity contribution >= 4 is 0 Å². The van der Waals surface area contributed by atoms with E-state index in [2.05, 4.69) is 15.5 Å². The number of aromatic nitrogens is 2. The first-order chi connectivity index (χ1) is 10.1. The summed E-state index contributed by atoms with van der Waals surface area (Å²) in [5, 5.41) is 7.01. The van der Waals surface area contributed by atoms with Crippen LogP contribution >= 0.6 is 0 Å². The van der Waals surface area contributed by atoms with Gasteiger partial charge in [0.2, 0.25) is 11.7 Å². The number of benzene rings is 1. The molecule has 1 heterocycles. The average Bonchev–Trinajstić information content (AvgIpc) is 2.93. The van der Waals surface area contributed by atoms with E-state index in [0.29, 0.717) is 24.0 Å². The first-order valence-corrected chi connectivity index (χ1v) is 7.04. The number of nitrogens with one attached hydrogen (secondary N) is 1. The highest BCUT2D eigenvalue weighted by Crippen LogP contribution is 2.21. The molecule has 2 rings (SSSR count). The normalized spacial score (nSPS) is 11.1. The van der Waals surface area contributed by atoms with Crippen LogP contribution in [-0.4, -0.2) is 16.7 Å². The van der Waals surface area contributed by atoms with Crippen LogP contribution in [0, 0.1) is 5.82 Å². The molecule has 0 bridgehead atoms.